The number of carboxylic acids is 1. The Kier molecular flexibility index (Phi) is 4.39. The molecule has 1 N–H and O–H groups in total. The summed E-state index contributed by atoms with van der Waals surface area (Å²) < 4.78 is 11.0. The first-order chi connectivity index (χ1) is 9.65. The molecule has 0 fully saturated rings. The Hall–Kier alpha value is -2.75. The first-order valence-electron chi connectivity index (χ1n) is 6.02. The van der Waals surface area contributed by atoms with Crippen LogP contribution in [0.1, 0.15) is 0 Å². The molecular weight excluding hydrogens is 256 g/mol. The topological polar surface area (TPSA) is 55.8 Å². The van der Waals surface area contributed by atoms with Gasteiger partial charge in [-0.15, -0.1) is 0 Å². The monoisotopic (exact) mass is 270 g/mol. The van der Waals surface area contributed by atoms with Crippen LogP contribution in [-0.2, 0) is 4.79 Å². The Balaban J connectivity index is 2.01. The van der Waals surface area contributed by atoms with Gasteiger partial charge in [-0.25, -0.2) is 4.79 Å². The van der Waals surface area contributed by atoms with Crippen molar-refractivity contribution < 1.29 is 19.4 Å². The molecule has 0 atom stereocenters. The molecule has 0 bridgehead atoms. The Morgan fingerprint density at radius 1 is 1.00 bits per heavy atom. The maximum atomic E-state index is 10.6. The normalized spacial score (nSPS) is 9.80. The van der Waals surface area contributed by atoms with E-state index < -0.39 is 5.97 Å². The molecular formula is C16H14O4. The third-order valence-electron chi connectivity index (χ3n) is 2.50. The van der Waals surface area contributed by atoms with Gasteiger partial charge in [0.05, 0.1) is 5.57 Å². The van der Waals surface area contributed by atoms with E-state index in [-0.39, 0.29) is 12.2 Å². The zero-order valence-electron chi connectivity index (χ0n) is 10.8. The quantitative estimate of drug-likeness (QED) is 0.816. The van der Waals surface area contributed by atoms with Crippen molar-refractivity contribution in [1.82, 2.24) is 0 Å². The van der Waals surface area contributed by atoms with Crippen molar-refractivity contribution in [2.75, 3.05) is 6.61 Å². The van der Waals surface area contributed by atoms with Gasteiger partial charge in [-0.1, -0.05) is 30.8 Å². The van der Waals surface area contributed by atoms with Gasteiger partial charge in [0.25, 0.3) is 0 Å². The molecule has 0 radical (unpaired) electrons. The van der Waals surface area contributed by atoms with E-state index in [4.69, 9.17) is 14.6 Å². The van der Waals surface area contributed by atoms with Gasteiger partial charge in [-0.2, -0.15) is 0 Å². The van der Waals surface area contributed by atoms with Gasteiger partial charge in [0.2, 0.25) is 0 Å². The van der Waals surface area contributed by atoms with Crippen molar-refractivity contribution in [2.24, 2.45) is 0 Å². The molecule has 0 spiro atoms. The van der Waals surface area contributed by atoms with E-state index in [9.17, 15) is 4.79 Å². The largest absolute Gasteiger partial charge is 0.489 e. The van der Waals surface area contributed by atoms with Crippen LogP contribution in [0.25, 0.3) is 0 Å². The minimum Gasteiger partial charge on any atom is -0.489 e. The summed E-state index contributed by atoms with van der Waals surface area (Å²) in [6.07, 6.45) is 0. The Bertz CT molecular complexity index is 605. The van der Waals surface area contributed by atoms with Crippen molar-refractivity contribution in [3.63, 3.8) is 0 Å². The van der Waals surface area contributed by atoms with Crippen molar-refractivity contribution >= 4 is 5.97 Å². The summed E-state index contributed by atoms with van der Waals surface area (Å²) in [5, 5.41) is 8.71. The first-order valence-corrected chi connectivity index (χ1v) is 6.02. The second-order valence-corrected chi connectivity index (χ2v) is 4.09. The van der Waals surface area contributed by atoms with Gasteiger partial charge < -0.3 is 14.6 Å². The molecule has 4 heteroatoms. The molecule has 2 aromatic rings. The molecule has 0 aromatic heterocycles. The van der Waals surface area contributed by atoms with Crippen LogP contribution in [0, 0.1) is 0 Å². The lowest BCUT2D eigenvalue weighted by Crippen LogP contribution is -2.08. The second-order valence-electron chi connectivity index (χ2n) is 4.09. The van der Waals surface area contributed by atoms with Crippen LogP contribution in [0.3, 0.4) is 0 Å². The highest BCUT2D eigenvalue weighted by molar-refractivity contribution is 5.86. The zero-order chi connectivity index (χ0) is 14.4. The molecule has 0 aliphatic heterocycles. The molecule has 0 saturated heterocycles. The summed E-state index contributed by atoms with van der Waals surface area (Å²) in [7, 11) is 0. The first kappa shape index (κ1) is 13.7. The number of para-hydroxylation sites is 1. The van der Waals surface area contributed by atoms with Crippen LogP contribution in [0.4, 0.5) is 0 Å². The molecule has 0 saturated carbocycles. The van der Waals surface area contributed by atoms with E-state index in [0.717, 1.165) is 5.75 Å². The van der Waals surface area contributed by atoms with Gasteiger partial charge >= 0.3 is 5.97 Å². The summed E-state index contributed by atoms with van der Waals surface area (Å²) >= 11 is 0. The molecule has 2 aromatic carbocycles. The smallest absolute Gasteiger partial charge is 0.334 e. The molecule has 0 aliphatic carbocycles. The number of hydrogen-bond acceptors (Lipinski definition) is 3. The Morgan fingerprint density at radius 3 is 2.35 bits per heavy atom. The fourth-order valence-corrected chi connectivity index (χ4v) is 1.48. The van der Waals surface area contributed by atoms with E-state index in [1.54, 1.807) is 24.3 Å². The highest BCUT2D eigenvalue weighted by atomic mass is 16.5. The minimum atomic E-state index is -1.07. The van der Waals surface area contributed by atoms with E-state index in [1.165, 1.54) is 0 Å². The van der Waals surface area contributed by atoms with E-state index >= 15 is 0 Å². The molecule has 0 amide bonds. The SMILES string of the molecule is C=C(COc1cccc(Oc2ccccc2)c1)C(=O)O. The highest BCUT2D eigenvalue weighted by Crippen LogP contribution is 2.25. The maximum absolute atomic E-state index is 10.6. The lowest BCUT2D eigenvalue weighted by molar-refractivity contribution is -0.133. The van der Waals surface area contributed by atoms with Gasteiger partial charge in [0.15, 0.2) is 0 Å². The summed E-state index contributed by atoms with van der Waals surface area (Å²) in [6.45, 7) is 3.34. The molecule has 4 nitrogen and oxygen atoms in total. The third-order valence-corrected chi connectivity index (χ3v) is 2.50. The van der Waals surface area contributed by atoms with Crippen LogP contribution in [-0.4, -0.2) is 17.7 Å². The van der Waals surface area contributed by atoms with Crippen LogP contribution < -0.4 is 9.47 Å². The maximum Gasteiger partial charge on any atom is 0.334 e. The molecule has 0 heterocycles. The fraction of sp³-hybridized carbons (Fsp3) is 0.0625. The molecule has 102 valence electrons. The lowest BCUT2D eigenvalue weighted by atomic mass is 10.3. The van der Waals surface area contributed by atoms with Crippen molar-refractivity contribution in [3.05, 3.63) is 66.7 Å². The lowest BCUT2D eigenvalue weighted by Gasteiger charge is -2.09. The predicted molar refractivity (Wildman–Crippen MR) is 75.2 cm³/mol. The number of benzene rings is 2. The van der Waals surface area contributed by atoms with Crippen LogP contribution in [0.5, 0.6) is 17.2 Å². The van der Waals surface area contributed by atoms with Crippen LogP contribution >= 0.6 is 0 Å². The summed E-state index contributed by atoms with van der Waals surface area (Å²) in [6, 6.07) is 16.4. The number of aliphatic carboxylic acids is 1. The summed E-state index contributed by atoms with van der Waals surface area (Å²) in [5.74, 6) is 0.803. The number of hydrogen-bond donors (Lipinski definition) is 1. The van der Waals surface area contributed by atoms with Crippen molar-refractivity contribution in [3.8, 4) is 17.2 Å². The average Bonchev–Trinajstić information content (AvgIpc) is 2.46. The molecule has 20 heavy (non-hydrogen) atoms. The van der Waals surface area contributed by atoms with Gasteiger partial charge in [0.1, 0.15) is 23.9 Å². The Morgan fingerprint density at radius 2 is 1.65 bits per heavy atom. The van der Waals surface area contributed by atoms with Crippen LogP contribution in [0.15, 0.2) is 66.7 Å². The molecule has 0 aliphatic rings. The van der Waals surface area contributed by atoms with E-state index in [2.05, 4.69) is 6.58 Å². The van der Waals surface area contributed by atoms with Crippen molar-refractivity contribution in [1.29, 1.82) is 0 Å². The molecule has 0 unspecified atom stereocenters. The summed E-state index contributed by atoms with van der Waals surface area (Å²) in [5.41, 5.74) is -0.000573. The van der Waals surface area contributed by atoms with E-state index in [0.29, 0.717) is 11.5 Å². The summed E-state index contributed by atoms with van der Waals surface area (Å²) in [4.78, 5) is 10.6. The number of ether oxygens (including phenoxy) is 2. The number of rotatable bonds is 6. The fourth-order valence-electron chi connectivity index (χ4n) is 1.48. The number of carboxylic acid groups (broad SMARTS) is 1. The standard InChI is InChI=1S/C16H14O4/c1-12(16(17)18)11-19-14-8-5-9-15(10-14)20-13-6-3-2-4-7-13/h2-10H,1,11H2,(H,17,18). The van der Waals surface area contributed by atoms with Crippen molar-refractivity contribution in [2.45, 2.75) is 0 Å². The second kappa shape index (κ2) is 6.43. The minimum absolute atomic E-state index is 0.000573. The van der Waals surface area contributed by atoms with Gasteiger partial charge in [-0.3, -0.25) is 0 Å². The van der Waals surface area contributed by atoms with E-state index in [1.807, 2.05) is 30.3 Å². The molecule has 2 rings (SSSR count). The zero-order valence-corrected chi connectivity index (χ0v) is 10.8. The number of carbonyl (C=O) groups is 1. The van der Waals surface area contributed by atoms with Crippen LogP contribution in [0.2, 0.25) is 0 Å². The van der Waals surface area contributed by atoms with Gasteiger partial charge in [0, 0.05) is 6.07 Å². The predicted octanol–water partition coefficient (Wildman–Crippen LogP) is 3.50. The highest BCUT2D eigenvalue weighted by Gasteiger charge is 2.05. The Labute approximate surface area is 116 Å². The third kappa shape index (κ3) is 3.88. The average molecular weight is 270 g/mol. The van der Waals surface area contributed by atoms with Gasteiger partial charge in [-0.05, 0) is 24.3 Å².